The van der Waals surface area contributed by atoms with Crippen molar-refractivity contribution in [3.63, 3.8) is 0 Å². The van der Waals surface area contributed by atoms with Gasteiger partial charge in [0.2, 0.25) is 0 Å². The zero-order valence-corrected chi connectivity index (χ0v) is 13.0. The maximum atomic E-state index is 11.1. The summed E-state index contributed by atoms with van der Waals surface area (Å²) in [5.41, 5.74) is 3.84. The molecule has 1 aromatic carbocycles. The molecule has 1 heterocycles. The third-order valence-electron chi connectivity index (χ3n) is 3.91. The zero-order chi connectivity index (χ0) is 16.9. The number of nitrogens with zero attached hydrogens (tertiary/aromatic N) is 2. The smallest absolute Gasteiger partial charge is 0.346 e. The highest BCUT2D eigenvalue weighted by Crippen LogP contribution is 2.34. The molecule has 0 unspecified atom stereocenters. The maximum absolute atomic E-state index is 11.1. The van der Waals surface area contributed by atoms with Gasteiger partial charge in [-0.15, -0.1) is 0 Å². The van der Waals surface area contributed by atoms with Gasteiger partial charge in [0.05, 0.1) is 0 Å². The van der Waals surface area contributed by atoms with Crippen molar-refractivity contribution in [2.45, 2.75) is 12.8 Å². The average molecular weight is 316 g/mol. The van der Waals surface area contributed by atoms with Crippen molar-refractivity contribution in [3.05, 3.63) is 89.3 Å². The lowest BCUT2D eigenvalue weighted by Crippen LogP contribution is -2.20. The second-order valence-corrected chi connectivity index (χ2v) is 5.54. The van der Waals surface area contributed by atoms with Crippen molar-refractivity contribution in [1.29, 1.82) is 5.26 Å². The summed E-state index contributed by atoms with van der Waals surface area (Å²) in [5, 5.41) is 18.1. The summed E-state index contributed by atoms with van der Waals surface area (Å²) in [5.74, 6) is -1.20. The van der Waals surface area contributed by atoms with Gasteiger partial charge in [0, 0.05) is 17.6 Å². The molecular formula is C20H16N2O2. The summed E-state index contributed by atoms with van der Waals surface area (Å²) in [6, 6.07) is 11.6. The van der Waals surface area contributed by atoms with Crippen LogP contribution in [0.4, 0.5) is 5.69 Å². The first-order chi connectivity index (χ1) is 11.7. The lowest BCUT2D eigenvalue weighted by atomic mass is 9.95. The molecule has 0 radical (unpaired) electrons. The number of carboxylic acids is 1. The number of para-hydroxylation sites is 1. The number of carboxylic acid groups (broad SMARTS) is 1. The second-order valence-electron chi connectivity index (χ2n) is 5.54. The fourth-order valence-corrected chi connectivity index (χ4v) is 2.82. The first-order valence-electron chi connectivity index (χ1n) is 7.64. The molecule has 0 bridgehead atoms. The number of rotatable bonds is 3. The van der Waals surface area contributed by atoms with Crippen molar-refractivity contribution in [1.82, 2.24) is 0 Å². The van der Waals surface area contributed by atoms with Gasteiger partial charge in [-0.2, -0.15) is 5.26 Å². The Morgan fingerprint density at radius 3 is 2.75 bits per heavy atom. The van der Waals surface area contributed by atoms with E-state index in [0.29, 0.717) is 6.42 Å². The Bertz CT molecular complexity index is 849. The van der Waals surface area contributed by atoms with E-state index in [0.717, 1.165) is 23.4 Å². The molecule has 24 heavy (non-hydrogen) atoms. The van der Waals surface area contributed by atoms with Gasteiger partial charge < -0.3 is 10.0 Å². The Balaban J connectivity index is 2.07. The minimum Gasteiger partial charge on any atom is -0.477 e. The number of anilines is 1. The van der Waals surface area contributed by atoms with E-state index >= 15 is 0 Å². The van der Waals surface area contributed by atoms with Crippen LogP contribution in [0.25, 0.3) is 0 Å². The molecule has 0 saturated carbocycles. The van der Waals surface area contributed by atoms with Crippen LogP contribution in [0.3, 0.4) is 0 Å². The van der Waals surface area contributed by atoms with Crippen LogP contribution >= 0.6 is 0 Å². The number of hydrogen-bond donors (Lipinski definition) is 1. The summed E-state index contributed by atoms with van der Waals surface area (Å²) in [7, 11) is 0. The topological polar surface area (TPSA) is 64.3 Å². The highest BCUT2D eigenvalue weighted by Gasteiger charge is 2.20. The predicted molar refractivity (Wildman–Crippen MR) is 92.9 cm³/mol. The first kappa shape index (κ1) is 15.6. The molecule has 0 aromatic heterocycles. The molecule has 0 fully saturated rings. The van der Waals surface area contributed by atoms with Gasteiger partial charge in [-0.25, -0.2) is 4.79 Å². The number of carbonyl (C=O) groups is 1. The monoisotopic (exact) mass is 316 g/mol. The van der Waals surface area contributed by atoms with Crippen LogP contribution in [0.2, 0.25) is 0 Å². The van der Waals surface area contributed by atoms with Gasteiger partial charge in [0.1, 0.15) is 11.6 Å². The predicted octanol–water partition coefficient (Wildman–Crippen LogP) is 4.09. The lowest BCUT2D eigenvalue weighted by Gasteiger charge is -2.30. The summed E-state index contributed by atoms with van der Waals surface area (Å²) < 4.78 is 0. The van der Waals surface area contributed by atoms with E-state index in [9.17, 15) is 4.79 Å². The van der Waals surface area contributed by atoms with Gasteiger partial charge in [-0.1, -0.05) is 36.4 Å². The molecule has 1 aliphatic heterocycles. The number of allylic oxidation sites excluding steroid dienone is 7. The van der Waals surface area contributed by atoms with Crippen LogP contribution in [0, 0.1) is 11.3 Å². The van der Waals surface area contributed by atoms with Crippen LogP contribution in [0.15, 0.2) is 89.3 Å². The van der Waals surface area contributed by atoms with E-state index in [1.807, 2.05) is 53.6 Å². The molecule has 3 rings (SSSR count). The third kappa shape index (κ3) is 3.21. The van der Waals surface area contributed by atoms with Gasteiger partial charge >= 0.3 is 5.97 Å². The summed E-state index contributed by atoms with van der Waals surface area (Å²) in [6.45, 7) is 0. The molecule has 0 spiro atoms. The highest BCUT2D eigenvalue weighted by atomic mass is 16.4. The van der Waals surface area contributed by atoms with Crippen molar-refractivity contribution < 1.29 is 9.90 Å². The van der Waals surface area contributed by atoms with Crippen molar-refractivity contribution >= 4 is 11.7 Å². The summed E-state index contributed by atoms with van der Waals surface area (Å²) in [6.07, 6.45) is 12.9. The molecule has 118 valence electrons. The van der Waals surface area contributed by atoms with E-state index in [1.54, 1.807) is 6.07 Å². The van der Waals surface area contributed by atoms with E-state index in [-0.39, 0.29) is 5.57 Å². The molecule has 1 aromatic rings. The second kappa shape index (κ2) is 6.84. The molecule has 1 aliphatic carbocycles. The van der Waals surface area contributed by atoms with Crippen molar-refractivity contribution in [3.8, 4) is 6.07 Å². The number of nitriles is 1. The number of benzene rings is 1. The van der Waals surface area contributed by atoms with Crippen LogP contribution in [0.5, 0.6) is 0 Å². The van der Waals surface area contributed by atoms with Crippen LogP contribution in [-0.2, 0) is 4.79 Å². The Morgan fingerprint density at radius 2 is 2.04 bits per heavy atom. The van der Waals surface area contributed by atoms with E-state index < -0.39 is 5.97 Å². The van der Waals surface area contributed by atoms with E-state index in [2.05, 4.69) is 12.2 Å². The summed E-state index contributed by atoms with van der Waals surface area (Å²) in [4.78, 5) is 13.2. The van der Waals surface area contributed by atoms with Crippen LogP contribution in [0.1, 0.15) is 12.8 Å². The van der Waals surface area contributed by atoms with E-state index in [1.165, 1.54) is 11.6 Å². The maximum Gasteiger partial charge on any atom is 0.346 e. The minimum atomic E-state index is -1.20. The van der Waals surface area contributed by atoms with Gasteiger partial charge in [-0.3, -0.25) is 0 Å². The van der Waals surface area contributed by atoms with Crippen molar-refractivity contribution in [2.75, 3.05) is 4.90 Å². The number of aliphatic carboxylic acids is 1. The molecule has 0 atom stereocenters. The largest absolute Gasteiger partial charge is 0.477 e. The molecule has 4 heteroatoms. The van der Waals surface area contributed by atoms with Crippen molar-refractivity contribution in [2.24, 2.45) is 0 Å². The molecule has 0 amide bonds. The van der Waals surface area contributed by atoms with Crippen LogP contribution < -0.4 is 4.90 Å². The number of hydrogen-bond acceptors (Lipinski definition) is 3. The quantitative estimate of drug-likeness (QED) is 0.674. The Hall–Kier alpha value is -3.32. The van der Waals surface area contributed by atoms with E-state index in [4.69, 9.17) is 10.4 Å². The molecule has 1 N–H and O–H groups in total. The first-order valence-corrected chi connectivity index (χ1v) is 7.64. The lowest BCUT2D eigenvalue weighted by molar-refractivity contribution is -0.132. The van der Waals surface area contributed by atoms with Gasteiger partial charge in [0.15, 0.2) is 0 Å². The fraction of sp³-hybridized carbons (Fsp3) is 0.100. The third-order valence-corrected chi connectivity index (χ3v) is 3.91. The molecule has 2 aliphatic rings. The Labute approximate surface area is 140 Å². The normalized spacial score (nSPS) is 17.0. The Morgan fingerprint density at radius 1 is 1.25 bits per heavy atom. The highest BCUT2D eigenvalue weighted by molar-refractivity contribution is 5.91. The zero-order valence-electron chi connectivity index (χ0n) is 13.0. The van der Waals surface area contributed by atoms with Gasteiger partial charge in [0.25, 0.3) is 0 Å². The minimum absolute atomic E-state index is 0.252. The molecule has 0 saturated heterocycles. The standard InChI is InChI=1S/C20H16N2O2/c21-13-17(20(23)24)12-15-11-16-7-3-1-6-10-19(16)22(14-15)18-8-4-2-5-9-18/h1-6,8-10,12,14H,7,11H2,(H,23,24)/b17-12+. The van der Waals surface area contributed by atoms with Gasteiger partial charge in [-0.05, 0) is 48.3 Å². The summed E-state index contributed by atoms with van der Waals surface area (Å²) >= 11 is 0. The molecule has 4 nitrogen and oxygen atoms in total. The Kier molecular flexibility index (Phi) is 4.44. The molecular weight excluding hydrogens is 300 g/mol. The average Bonchev–Trinajstić information content (AvgIpc) is 2.84. The fourth-order valence-electron chi connectivity index (χ4n) is 2.82. The SMILES string of the molecule is N#C/C(=C\C1=CN(c2ccccc2)C2=C(CC=CC=C2)C1)C(=O)O. The van der Waals surface area contributed by atoms with Crippen LogP contribution in [-0.4, -0.2) is 11.1 Å².